The molecule has 1 saturated heterocycles. The number of aliphatic carboxylic acids is 1. The second-order valence-electron chi connectivity index (χ2n) is 5.42. The molecule has 2 heterocycles. The van der Waals surface area contributed by atoms with Crippen LogP contribution in [0.2, 0.25) is 0 Å². The van der Waals surface area contributed by atoms with Crippen molar-refractivity contribution in [2.24, 2.45) is 0 Å². The Morgan fingerprint density at radius 2 is 2.32 bits per heavy atom. The van der Waals surface area contributed by atoms with Gasteiger partial charge < -0.3 is 5.11 Å². The first kappa shape index (κ1) is 14.0. The van der Waals surface area contributed by atoms with Gasteiger partial charge in [-0.25, -0.2) is 0 Å². The third kappa shape index (κ3) is 4.31. The van der Waals surface area contributed by atoms with Crippen molar-refractivity contribution in [1.82, 2.24) is 9.88 Å². The largest absolute Gasteiger partial charge is 0.481 e. The number of rotatable bonds is 5. The Morgan fingerprint density at radius 3 is 3.05 bits per heavy atom. The van der Waals surface area contributed by atoms with E-state index in [0.29, 0.717) is 6.04 Å². The molecule has 1 aromatic rings. The minimum Gasteiger partial charge on any atom is -0.481 e. The fourth-order valence-electron chi connectivity index (χ4n) is 2.82. The zero-order chi connectivity index (χ0) is 13.7. The zero-order valence-corrected chi connectivity index (χ0v) is 11.5. The number of carboxylic acids is 1. The lowest BCUT2D eigenvalue weighted by atomic mass is 9.97. The summed E-state index contributed by atoms with van der Waals surface area (Å²) in [6.07, 6.45) is 8.35. The lowest BCUT2D eigenvalue weighted by molar-refractivity contribution is -0.137. The molecule has 0 amide bonds. The van der Waals surface area contributed by atoms with Gasteiger partial charge in [0, 0.05) is 31.4 Å². The fraction of sp³-hybridized carbons (Fsp3) is 0.600. The van der Waals surface area contributed by atoms with Crippen LogP contribution in [0.5, 0.6) is 0 Å². The van der Waals surface area contributed by atoms with Crippen molar-refractivity contribution in [3.63, 3.8) is 0 Å². The summed E-state index contributed by atoms with van der Waals surface area (Å²) in [6.45, 7) is 4.01. The molecular weight excluding hydrogens is 240 g/mol. The predicted octanol–water partition coefficient (Wildman–Crippen LogP) is 2.61. The first-order valence-electron chi connectivity index (χ1n) is 7.01. The second kappa shape index (κ2) is 6.66. The molecule has 0 aromatic carbocycles. The molecule has 1 fully saturated rings. The van der Waals surface area contributed by atoms with Gasteiger partial charge in [0.2, 0.25) is 0 Å². The highest BCUT2D eigenvalue weighted by Gasteiger charge is 2.22. The van der Waals surface area contributed by atoms with E-state index in [1.807, 2.05) is 12.4 Å². The van der Waals surface area contributed by atoms with Crippen LogP contribution in [0.3, 0.4) is 0 Å². The van der Waals surface area contributed by atoms with E-state index < -0.39 is 5.97 Å². The van der Waals surface area contributed by atoms with Crippen LogP contribution in [0.4, 0.5) is 0 Å². The van der Waals surface area contributed by atoms with Gasteiger partial charge >= 0.3 is 5.97 Å². The molecule has 1 atom stereocenters. The van der Waals surface area contributed by atoms with Gasteiger partial charge in [-0.1, -0.05) is 12.5 Å². The van der Waals surface area contributed by atoms with Gasteiger partial charge in [-0.05, 0) is 43.9 Å². The van der Waals surface area contributed by atoms with Gasteiger partial charge in [0.15, 0.2) is 0 Å². The number of pyridine rings is 1. The Labute approximate surface area is 114 Å². The van der Waals surface area contributed by atoms with Crippen LogP contribution in [0, 0.1) is 6.92 Å². The van der Waals surface area contributed by atoms with Crippen LogP contribution in [0.1, 0.15) is 43.2 Å². The average Bonchev–Trinajstić information content (AvgIpc) is 2.38. The van der Waals surface area contributed by atoms with Gasteiger partial charge in [-0.15, -0.1) is 0 Å². The zero-order valence-electron chi connectivity index (χ0n) is 11.5. The smallest absolute Gasteiger partial charge is 0.303 e. The number of aryl methyl sites for hydroxylation is 1. The van der Waals surface area contributed by atoms with Crippen LogP contribution in [-0.4, -0.2) is 33.5 Å². The van der Waals surface area contributed by atoms with Crippen molar-refractivity contribution < 1.29 is 9.90 Å². The van der Waals surface area contributed by atoms with E-state index >= 15 is 0 Å². The molecule has 1 unspecified atom stereocenters. The summed E-state index contributed by atoms with van der Waals surface area (Å²) in [5.41, 5.74) is 2.40. The summed E-state index contributed by atoms with van der Waals surface area (Å²) in [6, 6.07) is 2.57. The van der Waals surface area contributed by atoms with Crippen molar-refractivity contribution in [1.29, 1.82) is 0 Å². The molecule has 0 bridgehead atoms. The van der Waals surface area contributed by atoms with Gasteiger partial charge in [0.25, 0.3) is 0 Å². The molecule has 4 nitrogen and oxygen atoms in total. The quantitative estimate of drug-likeness (QED) is 0.886. The van der Waals surface area contributed by atoms with Gasteiger partial charge in [0.05, 0.1) is 0 Å². The van der Waals surface area contributed by atoms with Crippen molar-refractivity contribution in [3.8, 4) is 0 Å². The van der Waals surface area contributed by atoms with Crippen LogP contribution < -0.4 is 0 Å². The standard InChI is InChI=1S/C15H22N2O2/c1-12-8-13(10-16-9-12)11-17-7-3-2-4-14(17)5-6-15(18)19/h8-10,14H,2-7,11H2,1H3,(H,18,19). The average molecular weight is 262 g/mol. The van der Waals surface area contributed by atoms with Gasteiger partial charge in [-0.2, -0.15) is 0 Å². The maximum absolute atomic E-state index is 10.7. The van der Waals surface area contributed by atoms with Crippen molar-refractivity contribution in [2.45, 2.75) is 51.6 Å². The van der Waals surface area contributed by atoms with Crippen molar-refractivity contribution >= 4 is 5.97 Å². The van der Waals surface area contributed by atoms with E-state index in [4.69, 9.17) is 5.11 Å². The maximum atomic E-state index is 10.7. The monoisotopic (exact) mass is 262 g/mol. The van der Waals surface area contributed by atoms with E-state index in [0.717, 1.165) is 25.9 Å². The molecule has 0 aliphatic carbocycles. The number of aromatic nitrogens is 1. The molecule has 4 heteroatoms. The number of likely N-dealkylation sites (tertiary alicyclic amines) is 1. The van der Waals surface area contributed by atoms with Crippen LogP contribution in [0.15, 0.2) is 18.5 Å². The van der Waals surface area contributed by atoms with E-state index in [9.17, 15) is 4.79 Å². The summed E-state index contributed by atoms with van der Waals surface area (Å²) in [7, 11) is 0. The van der Waals surface area contributed by atoms with Gasteiger partial charge in [0.1, 0.15) is 0 Å². The molecule has 1 aromatic heterocycles. The van der Waals surface area contributed by atoms with Crippen LogP contribution >= 0.6 is 0 Å². The van der Waals surface area contributed by atoms with Crippen molar-refractivity contribution in [2.75, 3.05) is 6.54 Å². The molecule has 0 saturated carbocycles. The first-order chi connectivity index (χ1) is 9.15. The normalized spacial score (nSPS) is 20.4. The first-order valence-corrected chi connectivity index (χ1v) is 7.01. The molecule has 0 radical (unpaired) electrons. The predicted molar refractivity (Wildman–Crippen MR) is 73.9 cm³/mol. The van der Waals surface area contributed by atoms with Crippen LogP contribution in [-0.2, 0) is 11.3 Å². The number of nitrogens with zero attached hydrogens (tertiary/aromatic N) is 2. The summed E-state index contributed by atoms with van der Waals surface area (Å²) in [4.78, 5) is 17.4. The van der Waals surface area contributed by atoms with Crippen molar-refractivity contribution in [3.05, 3.63) is 29.6 Å². The maximum Gasteiger partial charge on any atom is 0.303 e. The Hall–Kier alpha value is -1.42. The molecule has 19 heavy (non-hydrogen) atoms. The van der Waals surface area contributed by atoms with E-state index in [1.54, 1.807) is 0 Å². The Kier molecular flexibility index (Phi) is 4.91. The number of hydrogen-bond donors (Lipinski definition) is 1. The van der Waals surface area contributed by atoms with E-state index in [2.05, 4.69) is 22.9 Å². The number of carbonyl (C=O) groups is 1. The van der Waals surface area contributed by atoms with E-state index in [1.165, 1.54) is 24.0 Å². The Morgan fingerprint density at radius 1 is 1.47 bits per heavy atom. The lowest BCUT2D eigenvalue weighted by Gasteiger charge is -2.35. The molecule has 1 aliphatic heterocycles. The highest BCUT2D eigenvalue weighted by atomic mass is 16.4. The highest BCUT2D eigenvalue weighted by molar-refractivity contribution is 5.66. The summed E-state index contributed by atoms with van der Waals surface area (Å²) < 4.78 is 0. The van der Waals surface area contributed by atoms with E-state index in [-0.39, 0.29) is 6.42 Å². The number of hydrogen-bond acceptors (Lipinski definition) is 3. The molecular formula is C15H22N2O2. The fourth-order valence-corrected chi connectivity index (χ4v) is 2.82. The second-order valence-corrected chi connectivity index (χ2v) is 5.42. The topological polar surface area (TPSA) is 53.4 Å². The summed E-state index contributed by atoms with van der Waals surface area (Å²) >= 11 is 0. The number of piperidine rings is 1. The molecule has 1 aliphatic rings. The highest BCUT2D eigenvalue weighted by Crippen LogP contribution is 2.23. The minimum atomic E-state index is -0.692. The third-order valence-electron chi connectivity index (χ3n) is 3.76. The third-order valence-corrected chi connectivity index (χ3v) is 3.76. The summed E-state index contributed by atoms with van der Waals surface area (Å²) in [5, 5.41) is 8.83. The van der Waals surface area contributed by atoms with Crippen LogP contribution in [0.25, 0.3) is 0 Å². The lowest BCUT2D eigenvalue weighted by Crippen LogP contribution is -2.39. The summed E-state index contributed by atoms with van der Waals surface area (Å²) in [5.74, 6) is -0.692. The van der Waals surface area contributed by atoms with Gasteiger partial charge in [-0.3, -0.25) is 14.7 Å². The minimum absolute atomic E-state index is 0.271. The molecule has 1 N–H and O–H groups in total. The Balaban J connectivity index is 1.97. The molecule has 104 valence electrons. The Bertz CT molecular complexity index is 434. The molecule has 2 rings (SSSR count). The SMILES string of the molecule is Cc1cncc(CN2CCCCC2CCC(=O)O)c1. The molecule has 0 spiro atoms. The number of carboxylic acid groups (broad SMARTS) is 1.